The van der Waals surface area contributed by atoms with Gasteiger partial charge in [0.25, 0.3) is 0 Å². The maximum Gasteiger partial charge on any atom is 0.337 e. The second-order valence-electron chi connectivity index (χ2n) is 4.29. The monoisotopic (exact) mass is 301 g/mol. The molecule has 0 fully saturated rings. The van der Waals surface area contributed by atoms with Crippen LogP contribution in [0, 0.1) is 0 Å². The Balaban J connectivity index is 2.68. The Bertz CT molecular complexity index is 568. The summed E-state index contributed by atoms with van der Waals surface area (Å²) in [4.78, 5) is 11.4. The fourth-order valence-corrected chi connectivity index (χ4v) is 2.25. The zero-order valence-corrected chi connectivity index (χ0v) is 12.6. The molecule has 0 aliphatic heterocycles. The molecule has 0 unspecified atom stereocenters. The van der Waals surface area contributed by atoms with E-state index in [4.69, 9.17) is 4.74 Å². The Labute approximate surface area is 119 Å². The Morgan fingerprint density at radius 2 is 2.00 bits per heavy atom. The van der Waals surface area contributed by atoms with Gasteiger partial charge in [0, 0.05) is 6.54 Å². The van der Waals surface area contributed by atoms with Gasteiger partial charge in [-0.25, -0.2) is 17.9 Å². The van der Waals surface area contributed by atoms with E-state index in [9.17, 15) is 13.2 Å². The highest BCUT2D eigenvalue weighted by molar-refractivity contribution is 7.88. The molecule has 0 aliphatic carbocycles. The van der Waals surface area contributed by atoms with E-state index in [0.717, 1.165) is 11.8 Å². The first kappa shape index (κ1) is 16.5. The molecule has 112 valence electrons. The number of carbonyl (C=O) groups excluding carboxylic acids is 1. The van der Waals surface area contributed by atoms with Crippen LogP contribution in [0.1, 0.15) is 22.3 Å². The molecule has 0 amide bonds. The average molecular weight is 301 g/mol. The van der Waals surface area contributed by atoms with Crippen molar-refractivity contribution in [3.8, 4) is 5.75 Å². The van der Waals surface area contributed by atoms with Gasteiger partial charge in [-0.2, -0.15) is 0 Å². The standard InChI is InChI=1S/C13H19NO5S/c1-18-12-9-11(13(15)19-2)7-6-10(12)5-4-8-14-20(3,16)17/h6-7,9,14H,4-5,8H2,1-3H3. The van der Waals surface area contributed by atoms with Crippen molar-refractivity contribution in [2.45, 2.75) is 12.8 Å². The fourth-order valence-electron chi connectivity index (χ4n) is 1.73. The SMILES string of the molecule is COC(=O)c1ccc(CCCNS(C)(=O)=O)c(OC)c1. The molecule has 0 bridgehead atoms. The fraction of sp³-hybridized carbons (Fsp3) is 0.462. The predicted octanol–water partition coefficient (Wildman–Crippen LogP) is 0.964. The van der Waals surface area contributed by atoms with Gasteiger partial charge in [0.05, 0.1) is 26.0 Å². The zero-order valence-electron chi connectivity index (χ0n) is 11.8. The summed E-state index contributed by atoms with van der Waals surface area (Å²) in [6.07, 6.45) is 2.41. The number of aryl methyl sites for hydroxylation is 1. The zero-order chi connectivity index (χ0) is 15.2. The van der Waals surface area contributed by atoms with Crippen LogP contribution in [0.15, 0.2) is 18.2 Å². The van der Waals surface area contributed by atoms with Crippen molar-refractivity contribution in [2.24, 2.45) is 0 Å². The smallest absolute Gasteiger partial charge is 0.337 e. The van der Waals surface area contributed by atoms with Gasteiger partial charge < -0.3 is 9.47 Å². The number of rotatable bonds is 7. The lowest BCUT2D eigenvalue weighted by molar-refractivity contribution is 0.0600. The van der Waals surface area contributed by atoms with E-state index in [1.807, 2.05) is 0 Å². The van der Waals surface area contributed by atoms with Crippen LogP contribution >= 0.6 is 0 Å². The minimum atomic E-state index is -3.16. The van der Waals surface area contributed by atoms with Gasteiger partial charge in [0.15, 0.2) is 0 Å². The molecule has 1 rings (SSSR count). The highest BCUT2D eigenvalue weighted by Crippen LogP contribution is 2.22. The van der Waals surface area contributed by atoms with Crippen molar-refractivity contribution in [1.82, 2.24) is 4.72 Å². The summed E-state index contributed by atoms with van der Waals surface area (Å²) in [5.74, 6) is 0.167. The van der Waals surface area contributed by atoms with E-state index in [0.29, 0.717) is 30.7 Å². The van der Waals surface area contributed by atoms with Crippen molar-refractivity contribution in [1.29, 1.82) is 0 Å². The molecule has 1 N–H and O–H groups in total. The van der Waals surface area contributed by atoms with Crippen LogP contribution in [0.25, 0.3) is 0 Å². The van der Waals surface area contributed by atoms with Crippen molar-refractivity contribution in [3.05, 3.63) is 29.3 Å². The van der Waals surface area contributed by atoms with Gasteiger partial charge in [0.2, 0.25) is 10.0 Å². The molecule has 0 radical (unpaired) electrons. The van der Waals surface area contributed by atoms with Crippen LogP contribution in [0.5, 0.6) is 5.75 Å². The Morgan fingerprint density at radius 1 is 1.30 bits per heavy atom. The van der Waals surface area contributed by atoms with E-state index < -0.39 is 16.0 Å². The van der Waals surface area contributed by atoms with Crippen LogP contribution in [-0.4, -0.2) is 41.4 Å². The number of ether oxygens (including phenoxy) is 2. The van der Waals surface area contributed by atoms with Gasteiger partial charge in [-0.3, -0.25) is 0 Å². The normalized spacial score (nSPS) is 11.2. The molecule has 0 spiro atoms. The van der Waals surface area contributed by atoms with Gasteiger partial charge >= 0.3 is 5.97 Å². The molecule has 20 heavy (non-hydrogen) atoms. The first-order chi connectivity index (χ1) is 9.37. The summed E-state index contributed by atoms with van der Waals surface area (Å²) < 4.78 is 34.2. The van der Waals surface area contributed by atoms with E-state index in [2.05, 4.69) is 9.46 Å². The van der Waals surface area contributed by atoms with Crippen molar-refractivity contribution in [3.63, 3.8) is 0 Å². The maximum atomic E-state index is 11.4. The summed E-state index contributed by atoms with van der Waals surface area (Å²) in [5.41, 5.74) is 1.33. The third-order valence-corrected chi connectivity index (χ3v) is 3.42. The summed E-state index contributed by atoms with van der Waals surface area (Å²) in [6.45, 7) is 0.362. The number of methoxy groups -OCH3 is 2. The predicted molar refractivity (Wildman–Crippen MR) is 75.5 cm³/mol. The van der Waals surface area contributed by atoms with Crippen LogP contribution in [0.4, 0.5) is 0 Å². The third-order valence-electron chi connectivity index (χ3n) is 2.70. The number of hydrogen-bond acceptors (Lipinski definition) is 5. The third kappa shape index (κ3) is 5.18. The first-order valence-corrected chi connectivity index (χ1v) is 7.96. The lowest BCUT2D eigenvalue weighted by Crippen LogP contribution is -2.23. The van der Waals surface area contributed by atoms with Crippen LogP contribution in [0.3, 0.4) is 0 Å². The first-order valence-electron chi connectivity index (χ1n) is 6.07. The van der Waals surface area contributed by atoms with Gasteiger partial charge in [-0.1, -0.05) is 6.07 Å². The molecular weight excluding hydrogens is 282 g/mol. The molecule has 1 aromatic rings. The highest BCUT2D eigenvalue weighted by Gasteiger charge is 2.10. The molecular formula is C13H19NO5S. The molecule has 0 saturated heterocycles. The van der Waals surface area contributed by atoms with Crippen LogP contribution in [0.2, 0.25) is 0 Å². The Morgan fingerprint density at radius 3 is 2.55 bits per heavy atom. The Hall–Kier alpha value is -1.60. The summed E-state index contributed by atoms with van der Waals surface area (Å²) >= 11 is 0. The van der Waals surface area contributed by atoms with E-state index in [1.165, 1.54) is 14.2 Å². The second kappa shape index (κ2) is 7.25. The number of nitrogens with one attached hydrogen (secondary N) is 1. The number of carbonyl (C=O) groups is 1. The molecule has 1 aromatic carbocycles. The quantitative estimate of drug-likeness (QED) is 0.599. The number of benzene rings is 1. The molecule has 0 aromatic heterocycles. The van der Waals surface area contributed by atoms with E-state index in [-0.39, 0.29) is 0 Å². The van der Waals surface area contributed by atoms with Gasteiger partial charge in [-0.15, -0.1) is 0 Å². The average Bonchev–Trinajstić information content (AvgIpc) is 2.41. The largest absolute Gasteiger partial charge is 0.496 e. The van der Waals surface area contributed by atoms with Gasteiger partial charge in [-0.05, 0) is 30.5 Å². The molecule has 0 heterocycles. The molecule has 0 atom stereocenters. The van der Waals surface area contributed by atoms with Crippen molar-refractivity contribution < 1.29 is 22.7 Å². The molecule has 0 saturated carbocycles. The van der Waals surface area contributed by atoms with Crippen LogP contribution in [-0.2, 0) is 21.2 Å². The lowest BCUT2D eigenvalue weighted by atomic mass is 10.1. The maximum absolute atomic E-state index is 11.4. The summed E-state index contributed by atoms with van der Waals surface area (Å²) in [7, 11) is -0.317. The topological polar surface area (TPSA) is 81.7 Å². The summed E-state index contributed by atoms with van der Waals surface area (Å²) in [6, 6.07) is 5.06. The number of esters is 1. The lowest BCUT2D eigenvalue weighted by Gasteiger charge is -2.10. The van der Waals surface area contributed by atoms with E-state index >= 15 is 0 Å². The van der Waals surface area contributed by atoms with E-state index in [1.54, 1.807) is 18.2 Å². The minimum Gasteiger partial charge on any atom is -0.496 e. The highest BCUT2D eigenvalue weighted by atomic mass is 32.2. The Kier molecular flexibility index (Phi) is 5.97. The van der Waals surface area contributed by atoms with Crippen LogP contribution < -0.4 is 9.46 Å². The molecule has 6 nitrogen and oxygen atoms in total. The van der Waals surface area contributed by atoms with Crippen molar-refractivity contribution >= 4 is 16.0 Å². The summed E-state index contributed by atoms with van der Waals surface area (Å²) in [5, 5.41) is 0. The van der Waals surface area contributed by atoms with Crippen molar-refractivity contribution in [2.75, 3.05) is 27.0 Å². The number of sulfonamides is 1. The molecule has 7 heteroatoms. The molecule has 0 aliphatic rings. The number of hydrogen-bond donors (Lipinski definition) is 1. The minimum absolute atomic E-state index is 0.362. The second-order valence-corrected chi connectivity index (χ2v) is 6.12. The van der Waals surface area contributed by atoms with Gasteiger partial charge in [0.1, 0.15) is 5.75 Å².